The van der Waals surface area contributed by atoms with Crippen molar-refractivity contribution in [2.75, 3.05) is 20.1 Å². The smallest absolute Gasteiger partial charge is 0.251 e. The van der Waals surface area contributed by atoms with Gasteiger partial charge in [-0.1, -0.05) is 35.9 Å². The van der Waals surface area contributed by atoms with Gasteiger partial charge in [0.25, 0.3) is 5.91 Å². The minimum absolute atomic E-state index is 0. The molecule has 3 N–H and O–H groups in total. The van der Waals surface area contributed by atoms with Crippen molar-refractivity contribution in [3.05, 3.63) is 70.2 Å². The summed E-state index contributed by atoms with van der Waals surface area (Å²) < 4.78 is 0. The average molecular weight is 487 g/mol. The number of guanidine groups is 1. The number of aliphatic imine (C=N–C) groups is 1. The van der Waals surface area contributed by atoms with E-state index in [0.29, 0.717) is 36.2 Å². The Hall–Kier alpha value is -1.80. The fourth-order valence-electron chi connectivity index (χ4n) is 2.27. The Morgan fingerprint density at radius 2 is 1.65 bits per heavy atom. The second-order valence-corrected chi connectivity index (χ2v) is 5.98. The van der Waals surface area contributed by atoms with Crippen molar-refractivity contribution < 1.29 is 4.79 Å². The van der Waals surface area contributed by atoms with Gasteiger partial charge in [-0.2, -0.15) is 0 Å². The largest absolute Gasteiger partial charge is 0.355 e. The van der Waals surface area contributed by atoms with Gasteiger partial charge in [0.2, 0.25) is 0 Å². The van der Waals surface area contributed by atoms with E-state index in [1.54, 1.807) is 31.3 Å². The minimum Gasteiger partial charge on any atom is -0.355 e. The zero-order valence-electron chi connectivity index (χ0n) is 14.9. The van der Waals surface area contributed by atoms with E-state index >= 15 is 0 Å². The molecule has 0 unspecified atom stereocenters. The number of carbonyl (C=O) groups is 1. The van der Waals surface area contributed by atoms with Gasteiger partial charge in [-0.15, -0.1) is 24.0 Å². The highest BCUT2D eigenvalue weighted by molar-refractivity contribution is 14.0. The van der Waals surface area contributed by atoms with Gasteiger partial charge < -0.3 is 16.0 Å². The van der Waals surface area contributed by atoms with Crippen LogP contribution in [-0.4, -0.2) is 32.0 Å². The first-order valence-electron chi connectivity index (χ1n) is 8.13. The van der Waals surface area contributed by atoms with Gasteiger partial charge in [0.15, 0.2) is 5.96 Å². The topological polar surface area (TPSA) is 65.5 Å². The molecular weight excluding hydrogens is 463 g/mol. The Labute approximate surface area is 176 Å². The second-order valence-electron chi connectivity index (χ2n) is 5.54. The molecule has 1 amide bonds. The number of hydrogen-bond donors (Lipinski definition) is 3. The molecule has 2 rings (SSSR count). The number of halogens is 2. The Morgan fingerprint density at radius 3 is 2.31 bits per heavy atom. The van der Waals surface area contributed by atoms with Crippen LogP contribution in [0, 0.1) is 6.92 Å². The van der Waals surface area contributed by atoms with Crippen molar-refractivity contribution in [1.29, 1.82) is 0 Å². The third-order valence-corrected chi connectivity index (χ3v) is 3.99. The van der Waals surface area contributed by atoms with E-state index in [0.717, 1.165) is 0 Å². The maximum Gasteiger partial charge on any atom is 0.251 e. The van der Waals surface area contributed by atoms with Crippen LogP contribution in [0.4, 0.5) is 0 Å². The van der Waals surface area contributed by atoms with Gasteiger partial charge in [0, 0.05) is 37.3 Å². The molecule has 0 saturated heterocycles. The normalized spacial score (nSPS) is 10.7. The van der Waals surface area contributed by atoms with Crippen LogP contribution in [-0.2, 0) is 6.54 Å². The molecule has 0 fully saturated rings. The van der Waals surface area contributed by atoms with Crippen molar-refractivity contribution in [2.24, 2.45) is 4.99 Å². The fourth-order valence-corrected chi connectivity index (χ4v) is 2.39. The lowest BCUT2D eigenvalue weighted by molar-refractivity contribution is 0.0954. The number of nitrogens with zero attached hydrogens (tertiary/aromatic N) is 1. The first-order valence-corrected chi connectivity index (χ1v) is 8.50. The predicted octanol–water partition coefficient (Wildman–Crippen LogP) is 3.36. The summed E-state index contributed by atoms with van der Waals surface area (Å²) in [4.78, 5) is 16.2. The van der Waals surface area contributed by atoms with E-state index < -0.39 is 0 Å². The summed E-state index contributed by atoms with van der Waals surface area (Å²) in [5, 5.41) is 9.91. The molecule has 5 nitrogen and oxygen atoms in total. The molecular formula is C19H24ClIN4O. The molecule has 0 spiro atoms. The molecule has 2 aromatic carbocycles. The number of benzene rings is 2. The van der Waals surface area contributed by atoms with E-state index in [1.807, 2.05) is 12.1 Å². The predicted molar refractivity (Wildman–Crippen MR) is 119 cm³/mol. The zero-order chi connectivity index (χ0) is 18.1. The summed E-state index contributed by atoms with van der Waals surface area (Å²) in [5.74, 6) is 0.574. The summed E-state index contributed by atoms with van der Waals surface area (Å²) in [5.41, 5.74) is 3.05. The monoisotopic (exact) mass is 486 g/mol. The van der Waals surface area contributed by atoms with Gasteiger partial charge in [-0.25, -0.2) is 0 Å². The van der Waals surface area contributed by atoms with Crippen LogP contribution in [0.3, 0.4) is 0 Å². The average Bonchev–Trinajstić information content (AvgIpc) is 2.62. The Morgan fingerprint density at radius 1 is 1.00 bits per heavy atom. The van der Waals surface area contributed by atoms with Crippen LogP contribution < -0.4 is 16.0 Å². The SMILES string of the molecule is CN=C(NCCNC(=O)c1ccc(Cl)cc1)NCc1ccccc1C.I. The first kappa shape index (κ1) is 22.2. The highest BCUT2D eigenvalue weighted by Crippen LogP contribution is 2.09. The summed E-state index contributed by atoms with van der Waals surface area (Å²) >= 11 is 5.82. The quantitative estimate of drug-likeness (QED) is 0.254. The molecule has 0 aliphatic rings. The maximum atomic E-state index is 12.0. The van der Waals surface area contributed by atoms with Gasteiger partial charge >= 0.3 is 0 Å². The summed E-state index contributed by atoms with van der Waals surface area (Å²) in [7, 11) is 1.72. The summed E-state index contributed by atoms with van der Waals surface area (Å²) in [6, 6.07) is 15.0. The van der Waals surface area contributed by atoms with E-state index in [4.69, 9.17) is 11.6 Å². The van der Waals surface area contributed by atoms with Crippen molar-refractivity contribution in [2.45, 2.75) is 13.5 Å². The maximum absolute atomic E-state index is 12.0. The molecule has 140 valence electrons. The molecule has 0 radical (unpaired) electrons. The molecule has 2 aromatic rings. The van der Waals surface area contributed by atoms with Crippen LogP contribution in [0.25, 0.3) is 0 Å². The lowest BCUT2D eigenvalue weighted by Gasteiger charge is -2.13. The van der Waals surface area contributed by atoms with Crippen molar-refractivity contribution in [3.8, 4) is 0 Å². The van der Waals surface area contributed by atoms with Gasteiger partial charge in [-0.05, 0) is 42.3 Å². The third-order valence-electron chi connectivity index (χ3n) is 3.74. The molecule has 0 aliphatic carbocycles. The standard InChI is InChI=1S/C19H23ClN4O.HI/c1-14-5-3-4-6-16(14)13-24-19(21-2)23-12-11-22-18(25)15-7-9-17(20)10-8-15;/h3-10H,11-13H2,1-2H3,(H,22,25)(H2,21,23,24);1H. The molecule has 0 bridgehead atoms. The van der Waals surface area contributed by atoms with Gasteiger partial charge in [0.05, 0.1) is 0 Å². The number of carbonyl (C=O) groups excluding carboxylic acids is 1. The van der Waals surface area contributed by atoms with Crippen LogP contribution in [0.5, 0.6) is 0 Å². The third kappa shape index (κ3) is 7.21. The Bertz CT molecular complexity index is 735. The molecule has 0 saturated carbocycles. The summed E-state index contributed by atoms with van der Waals surface area (Å²) in [6.45, 7) is 3.85. The van der Waals surface area contributed by atoms with Gasteiger partial charge in [0.1, 0.15) is 0 Å². The number of nitrogens with one attached hydrogen (secondary N) is 3. The molecule has 0 aliphatic heterocycles. The van der Waals surface area contributed by atoms with E-state index in [9.17, 15) is 4.79 Å². The Kier molecular flexibility index (Phi) is 10.0. The Balaban J connectivity index is 0.00000338. The lowest BCUT2D eigenvalue weighted by Crippen LogP contribution is -2.41. The number of rotatable bonds is 6. The number of aryl methyl sites for hydroxylation is 1. The van der Waals surface area contributed by atoms with Crippen molar-refractivity contribution >= 4 is 47.4 Å². The number of hydrogen-bond acceptors (Lipinski definition) is 2. The molecule has 0 aromatic heterocycles. The van der Waals surface area contributed by atoms with E-state index in [-0.39, 0.29) is 29.9 Å². The minimum atomic E-state index is -0.124. The summed E-state index contributed by atoms with van der Waals surface area (Å²) in [6.07, 6.45) is 0. The van der Waals surface area contributed by atoms with Crippen LogP contribution >= 0.6 is 35.6 Å². The lowest BCUT2D eigenvalue weighted by atomic mass is 10.1. The highest BCUT2D eigenvalue weighted by Gasteiger charge is 2.05. The second kappa shape index (κ2) is 11.7. The zero-order valence-corrected chi connectivity index (χ0v) is 18.0. The molecule has 0 heterocycles. The fraction of sp³-hybridized carbons (Fsp3) is 0.263. The van der Waals surface area contributed by atoms with Crippen molar-refractivity contribution in [3.63, 3.8) is 0 Å². The van der Waals surface area contributed by atoms with E-state index in [1.165, 1.54) is 11.1 Å². The van der Waals surface area contributed by atoms with Crippen LogP contribution in [0.1, 0.15) is 21.5 Å². The molecule has 7 heteroatoms. The van der Waals surface area contributed by atoms with Gasteiger partial charge in [-0.3, -0.25) is 9.79 Å². The molecule has 26 heavy (non-hydrogen) atoms. The molecule has 0 atom stereocenters. The van der Waals surface area contributed by atoms with Crippen LogP contribution in [0.2, 0.25) is 5.02 Å². The highest BCUT2D eigenvalue weighted by atomic mass is 127. The van der Waals surface area contributed by atoms with Crippen LogP contribution in [0.15, 0.2) is 53.5 Å². The first-order chi connectivity index (χ1) is 12.1. The number of amides is 1. The van der Waals surface area contributed by atoms with E-state index in [2.05, 4.69) is 40.0 Å². The van der Waals surface area contributed by atoms with Crippen molar-refractivity contribution in [1.82, 2.24) is 16.0 Å².